The van der Waals surface area contributed by atoms with Gasteiger partial charge in [-0.25, -0.2) is 4.98 Å². The van der Waals surface area contributed by atoms with Gasteiger partial charge in [0, 0.05) is 31.6 Å². The molecule has 6 heteroatoms. The van der Waals surface area contributed by atoms with Gasteiger partial charge in [-0.2, -0.15) is 0 Å². The fourth-order valence-corrected chi connectivity index (χ4v) is 4.05. The molecule has 0 aliphatic carbocycles. The first kappa shape index (κ1) is 17.9. The molecule has 0 saturated carbocycles. The van der Waals surface area contributed by atoms with Crippen molar-refractivity contribution in [3.05, 3.63) is 54.0 Å². The van der Waals surface area contributed by atoms with Crippen molar-refractivity contribution in [2.24, 2.45) is 0 Å². The summed E-state index contributed by atoms with van der Waals surface area (Å²) in [7, 11) is 0. The molecule has 0 unspecified atom stereocenters. The monoisotopic (exact) mass is 366 g/mol. The number of ether oxygens (including phenoxy) is 1. The summed E-state index contributed by atoms with van der Waals surface area (Å²) < 4.78 is 5.33. The Hall–Kier alpha value is -2.47. The number of amides is 1. The second-order valence-electron chi connectivity index (χ2n) is 7.62. The number of piperidine rings is 1. The first-order chi connectivity index (χ1) is 13.2. The van der Waals surface area contributed by atoms with Gasteiger partial charge >= 0.3 is 0 Å². The second kappa shape index (κ2) is 7.64. The zero-order valence-electron chi connectivity index (χ0n) is 15.8. The SMILES string of the molecule is C[C@@]1(c2ccccc2)CCCN(c2cncc(C(=O)N3CCOCC3)n2)C1. The highest BCUT2D eigenvalue weighted by molar-refractivity contribution is 5.92. The Balaban J connectivity index is 1.54. The molecule has 4 rings (SSSR count). The number of hydrogen-bond donors (Lipinski definition) is 0. The lowest BCUT2D eigenvalue weighted by atomic mass is 9.76. The quantitative estimate of drug-likeness (QED) is 0.835. The van der Waals surface area contributed by atoms with Gasteiger partial charge in [0.25, 0.3) is 5.91 Å². The summed E-state index contributed by atoms with van der Waals surface area (Å²) in [4.78, 5) is 25.8. The molecular weight excluding hydrogens is 340 g/mol. The van der Waals surface area contributed by atoms with Crippen LogP contribution in [-0.2, 0) is 10.2 Å². The largest absolute Gasteiger partial charge is 0.378 e. The second-order valence-corrected chi connectivity index (χ2v) is 7.62. The maximum atomic E-state index is 12.7. The summed E-state index contributed by atoms with van der Waals surface area (Å²) in [6.45, 7) is 6.51. The number of carbonyl (C=O) groups is 1. The van der Waals surface area contributed by atoms with E-state index in [1.54, 1.807) is 17.3 Å². The van der Waals surface area contributed by atoms with E-state index in [-0.39, 0.29) is 11.3 Å². The summed E-state index contributed by atoms with van der Waals surface area (Å²) in [5.41, 5.74) is 1.84. The highest BCUT2D eigenvalue weighted by Gasteiger charge is 2.33. The fraction of sp³-hybridized carbons (Fsp3) is 0.476. The predicted molar refractivity (Wildman–Crippen MR) is 104 cm³/mol. The van der Waals surface area contributed by atoms with Gasteiger partial charge in [0.2, 0.25) is 0 Å². The van der Waals surface area contributed by atoms with Crippen LogP contribution in [0.5, 0.6) is 0 Å². The minimum absolute atomic E-state index is 0.0597. The zero-order chi connectivity index (χ0) is 18.7. The van der Waals surface area contributed by atoms with E-state index in [4.69, 9.17) is 4.74 Å². The molecular formula is C21H26N4O2. The number of carbonyl (C=O) groups excluding carboxylic acids is 1. The molecule has 2 aliphatic heterocycles. The normalized spacial score (nSPS) is 23.3. The summed E-state index contributed by atoms with van der Waals surface area (Å²) in [5, 5.41) is 0. The summed E-state index contributed by atoms with van der Waals surface area (Å²) in [5.74, 6) is 0.728. The molecule has 27 heavy (non-hydrogen) atoms. The molecule has 2 aromatic rings. The molecule has 0 bridgehead atoms. The van der Waals surface area contributed by atoms with Crippen molar-refractivity contribution < 1.29 is 9.53 Å². The van der Waals surface area contributed by atoms with Gasteiger partial charge in [0.05, 0.1) is 25.6 Å². The van der Waals surface area contributed by atoms with Crippen LogP contribution in [0.25, 0.3) is 0 Å². The smallest absolute Gasteiger partial charge is 0.274 e. The fourth-order valence-electron chi connectivity index (χ4n) is 4.05. The first-order valence-corrected chi connectivity index (χ1v) is 9.65. The van der Waals surface area contributed by atoms with Crippen LogP contribution in [0.3, 0.4) is 0 Å². The van der Waals surface area contributed by atoms with E-state index in [2.05, 4.69) is 52.1 Å². The molecule has 0 spiro atoms. The van der Waals surface area contributed by atoms with Crippen LogP contribution in [0.15, 0.2) is 42.7 Å². The van der Waals surface area contributed by atoms with Gasteiger partial charge in [-0.3, -0.25) is 9.78 Å². The van der Waals surface area contributed by atoms with E-state index in [0.29, 0.717) is 32.0 Å². The van der Waals surface area contributed by atoms with Gasteiger partial charge in [-0.15, -0.1) is 0 Å². The van der Waals surface area contributed by atoms with E-state index in [1.807, 2.05) is 0 Å². The molecule has 0 N–H and O–H groups in total. The summed E-state index contributed by atoms with van der Waals surface area (Å²) >= 11 is 0. The van der Waals surface area contributed by atoms with Crippen LogP contribution in [-0.4, -0.2) is 60.2 Å². The first-order valence-electron chi connectivity index (χ1n) is 9.65. The maximum absolute atomic E-state index is 12.7. The van der Waals surface area contributed by atoms with Crippen LogP contribution in [0, 0.1) is 0 Å². The Bertz CT molecular complexity index is 792. The highest BCUT2D eigenvalue weighted by Crippen LogP contribution is 2.35. The molecule has 1 atom stereocenters. The number of benzene rings is 1. The van der Waals surface area contributed by atoms with E-state index in [9.17, 15) is 4.79 Å². The number of nitrogens with zero attached hydrogens (tertiary/aromatic N) is 4. The molecule has 2 saturated heterocycles. The van der Waals surface area contributed by atoms with Crippen LogP contribution >= 0.6 is 0 Å². The summed E-state index contributed by atoms with van der Waals surface area (Å²) in [6.07, 6.45) is 5.58. The molecule has 142 valence electrons. The Morgan fingerprint density at radius 3 is 2.67 bits per heavy atom. The lowest BCUT2D eigenvalue weighted by Gasteiger charge is -2.41. The molecule has 1 amide bonds. The molecule has 1 aromatic carbocycles. The van der Waals surface area contributed by atoms with Crippen molar-refractivity contribution >= 4 is 11.7 Å². The minimum Gasteiger partial charge on any atom is -0.378 e. The molecule has 1 aromatic heterocycles. The molecule has 6 nitrogen and oxygen atoms in total. The van der Waals surface area contributed by atoms with Crippen molar-refractivity contribution in [3.63, 3.8) is 0 Å². The Labute approximate surface area is 160 Å². The lowest BCUT2D eigenvalue weighted by molar-refractivity contribution is 0.0298. The summed E-state index contributed by atoms with van der Waals surface area (Å²) in [6, 6.07) is 10.7. The highest BCUT2D eigenvalue weighted by atomic mass is 16.5. The van der Waals surface area contributed by atoms with Gasteiger partial charge < -0.3 is 14.5 Å². The van der Waals surface area contributed by atoms with Crippen LogP contribution in [0.2, 0.25) is 0 Å². The van der Waals surface area contributed by atoms with Crippen molar-refractivity contribution in [3.8, 4) is 0 Å². The molecule has 2 aliphatic rings. The minimum atomic E-state index is -0.0597. The van der Waals surface area contributed by atoms with E-state index in [1.165, 1.54) is 5.56 Å². The average Bonchev–Trinajstić information content (AvgIpc) is 2.75. The van der Waals surface area contributed by atoms with E-state index in [0.717, 1.165) is 31.7 Å². The Morgan fingerprint density at radius 2 is 1.89 bits per heavy atom. The number of morpholine rings is 1. The van der Waals surface area contributed by atoms with Gasteiger partial charge in [0.15, 0.2) is 0 Å². The third-order valence-corrected chi connectivity index (χ3v) is 5.63. The van der Waals surface area contributed by atoms with Crippen LogP contribution in [0.1, 0.15) is 35.8 Å². The third kappa shape index (κ3) is 3.81. The van der Waals surface area contributed by atoms with Crippen LogP contribution in [0.4, 0.5) is 5.82 Å². The molecule has 0 radical (unpaired) electrons. The zero-order valence-corrected chi connectivity index (χ0v) is 15.8. The number of anilines is 1. The predicted octanol–water partition coefficient (Wildman–Crippen LogP) is 2.51. The van der Waals surface area contributed by atoms with E-state index < -0.39 is 0 Å². The van der Waals surface area contributed by atoms with Crippen molar-refractivity contribution in [2.45, 2.75) is 25.2 Å². The lowest BCUT2D eigenvalue weighted by Crippen LogP contribution is -2.45. The third-order valence-electron chi connectivity index (χ3n) is 5.63. The Kier molecular flexibility index (Phi) is 5.07. The van der Waals surface area contributed by atoms with Crippen molar-refractivity contribution in [2.75, 3.05) is 44.3 Å². The van der Waals surface area contributed by atoms with Gasteiger partial charge in [-0.1, -0.05) is 37.3 Å². The molecule has 2 fully saturated rings. The van der Waals surface area contributed by atoms with Crippen molar-refractivity contribution in [1.82, 2.24) is 14.9 Å². The van der Waals surface area contributed by atoms with Crippen molar-refractivity contribution in [1.29, 1.82) is 0 Å². The molecule has 3 heterocycles. The number of hydrogen-bond acceptors (Lipinski definition) is 5. The van der Waals surface area contributed by atoms with E-state index >= 15 is 0 Å². The van der Waals surface area contributed by atoms with Crippen LogP contribution < -0.4 is 4.90 Å². The Morgan fingerprint density at radius 1 is 1.11 bits per heavy atom. The average molecular weight is 366 g/mol. The maximum Gasteiger partial charge on any atom is 0.274 e. The number of rotatable bonds is 3. The standard InChI is InChI=1S/C21H26N4O2/c1-21(17-6-3-2-4-7-17)8-5-9-25(16-21)19-15-22-14-18(23-19)20(26)24-10-12-27-13-11-24/h2-4,6-7,14-15H,5,8-13,16H2,1H3/t21-/m1/s1. The topological polar surface area (TPSA) is 58.6 Å². The number of aromatic nitrogens is 2. The van der Waals surface area contributed by atoms with Gasteiger partial charge in [-0.05, 0) is 18.4 Å². The van der Waals surface area contributed by atoms with Gasteiger partial charge in [0.1, 0.15) is 11.5 Å².